The minimum Gasteiger partial charge on any atom is -0.332 e. The molecule has 0 unspecified atom stereocenters. The predicted octanol–water partition coefficient (Wildman–Crippen LogP) is 4.88. The van der Waals surface area contributed by atoms with Crippen LogP contribution in [-0.4, -0.2) is 19.1 Å². The third-order valence-corrected chi connectivity index (χ3v) is 5.58. The van der Waals surface area contributed by atoms with Crippen LogP contribution in [0.4, 0.5) is 11.4 Å². The van der Waals surface area contributed by atoms with Crippen molar-refractivity contribution in [2.75, 3.05) is 10.6 Å². The Morgan fingerprint density at radius 1 is 1.00 bits per heavy atom. The van der Waals surface area contributed by atoms with E-state index < -0.39 is 15.6 Å². The molecule has 0 aliphatic heterocycles. The van der Waals surface area contributed by atoms with Gasteiger partial charge in [-0.25, -0.2) is 13.1 Å². The third-order valence-electron chi connectivity index (χ3n) is 3.04. The average molecular weight is 432 g/mol. The minimum absolute atomic E-state index is 0.176. The molecular weight excluding hydrogens is 413 g/mol. The molecule has 0 aliphatic rings. The molecule has 0 saturated heterocycles. The van der Waals surface area contributed by atoms with Crippen molar-refractivity contribution < 1.29 is 8.42 Å². The molecular formula is C17H19Cl2N3O2S2. The molecule has 0 atom stereocenters. The number of nitrogens with one attached hydrogen (secondary N) is 3. The highest BCUT2D eigenvalue weighted by atomic mass is 35.5. The molecule has 26 heavy (non-hydrogen) atoms. The molecule has 5 nitrogen and oxygen atoms in total. The SMILES string of the molecule is CC(C)(C)NS(=O)(=O)c1ccc(NC(=S)Nc2cc(Cl)ccc2Cl)cc1. The molecule has 0 saturated carbocycles. The summed E-state index contributed by atoms with van der Waals surface area (Å²) in [5.41, 5.74) is 0.651. The second-order valence-corrected chi connectivity index (χ2v) is 9.52. The lowest BCUT2D eigenvalue weighted by atomic mass is 10.1. The van der Waals surface area contributed by atoms with Gasteiger partial charge in [0.15, 0.2) is 5.11 Å². The van der Waals surface area contributed by atoms with Crippen LogP contribution in [0.2, 0.25) is 10.0 Å². The van der Waals surface area contributed by atoms with Crippen molar-refractivity contribution in [3.63, 3.8) is 0 Å². The minimum atomic E-state index is -3.58. The zero-order valence-electron chi connectivity index (χ0n) is 14.4. The fourth-order valence-corrected chi connectivity index (χ4v) is 4.04. The Balaban J connectivity index is 2.07. The zero-order chi connectivity index (χ0) is 19.5. The van der Waals surface area contributed by atoms with Gasteiger partial charge < -0.3 is 10.6 Å². The van der Waals surface area contributed by atoms with Crippen LogP contribution in [0.15, 0.2) is 47.4 Å². The average Bonchev–Trinajstić information content (AvgIpc) is 2.49. The number of rotatable bonds is 4. The van der Waals surface area contributed by atoms with Crippen LogP contribution in [0, 0.1) is 0 Å². The summed E-state index contributed by atoms with van der Waals surface area (Å²) in [6, 6.07) is 11.3. The van der Waals surface area contributed by atoms with Gasteiger partial charge in [-0.2, -0.15) is 0 Å². The maximum Gasteiger partial charge on any atom is 0.241 e. The summed E-state index contributed by atoms with van der Waals surface area (Å²) in [4.78, 5) is 0.176. The van der Waals surface area contributed by atoms with E-state index in [1.54, 1.807) is 51.1 Å². The van der Waals surface area contributed by atoms with E-state index in [9.17, 15) is 8.42 Å². The first-order valence-electron chi connectivity index (χ1n) is 7.63. The van der Waals surface area contributed by atoms with Gasteiger partial charge in [0.2, 0.25) is 10.0 Å². The Morgan fingerprint density at radius 2 is 1.62 bits per heavy atom. The number of thiocarbonyl (C=S) groups is 1. The molecule has 2 aromatic rings. The van der Waals surface area contributed by atoms with Crippen LogP contribution in [-0.2, 0) is 10.0 Å². The van der Waals surface area contributed by atoms with Gasteiger partial charge in [0.25, 0.3) is 0 Å². The quantitative estimate of drug-likeness (QED) is 0.601. The van der Waals surface area contributed by atoms with Gasteiger partial charge in [-0.15, -0.1) is 0 Å². The maximum absolute atomic E-state index is 12.3. The predicted molar refractivity (Wildman–Crippen MR) is 113 cm³/mol. The number of sulfonamides is 1. The molecule has 0 bridgehead atoms. The van der Waals surface area contributed by atoms with Crippen LogP contribution in [0.5, 0.6) is 0 Å². The Hall–Kier alpha value is -1.38. The maximum atomic E-state index is 12.3. The molecule has 0 fully saturated rings. The lowest BCUT2D eigenvalue weighted by molar-refractivity contribution is 0.491. The van der Waals surface area contributed by atoms with Gasteiger partial charge in [0.1, 0.15) is 0 Å². The van der Waals surface area contributed by atoms with E-state index in [1.165, 1.54) is 12.1 Å². The fourth-order valence-electron chi connectivity index (χ4n) is 2.06. The van der Waals surface area contributed by atoms with Crippen molar-refractivity contribution >= 4 is 61.9 Å². The van der Waals surface area contributed by atoms with E-state index in [0.717, 1.165) is 0 Å². The van der Waals surface area contributed by atoms with Gasteiger partial charge in [-0.1, -0.05) is 23.2 Å². The first-order chi connectivity index (χ1) is 12.0. The van der Waals surface area contributed by atoms with Crippen LogP contribution in [0.3, 0.4) is 0 Å². The summed E-state index contributed by atoms with van der Waals surface area (Å²) < 4.78 is 27.2. The molecule has 2 aromatic carbocycles. The summed E-state index contributed by atoms with van der Waals surface area (Å²) in [7, 11) is -3.58. The molecule has 0 heterocycles. The Morgan fingerprint density at radius 3 is 2.19 bits per heavy atom. The Kier molecular flexibility index (Phi) is 6.52. The number of hydrogen-bond acceptors (Lipinski definition) is 3. The van der Waals surface area contributed by atoms with Gasteiger partial charge in [-0.05, 0) is 75.5 Å². The third kappa shape index (κ3) is 6.10. The fraction of sp³-hybridized carbons (Fsp3) is 0.235. The molecule has 3 N–H and O–H groups in total. The van der Waals surface area contributed by atoms with Crippen molar-refractivity contribution in [3.05, 3.63) is 52.5 Å². The summed E-state index contributed by atoms with van der Waals surface area (Å²) in [6.45, 7) is 5.35. The Labute approximate surface area is 169 Å². The smallest absolute Gasteiger partial charge is 0.241 e. The molecule has 0 amide bonds. The van der Waals surface area contributed by atoms with Crippen molar-refractivity contribution in [3.8, 4) is 0 Å². The normalized spacial score (nSPS) is 11.9. The van der Waals surface area contributed by atoms with E-state index in [4.69, 9.17) is 35.4 Å². The van der Waals surface area contributed by atoms with Gasteiger partial charge in [-0.3, -0.25) is 0 Å². The number of hydrogen-bond donors (Lipinski definition) is 3. The van der Waals surface area contributed by atoms with Crippen molar-refractivity contribution in [2.24, 2.45) is 0 Å². The van der Waals surface area contributed by atoms with Gasteiger partial charge in [0.05, 0.1) is 15.6 Å². The standard InChI is InChI=1S/C17H19Cl2N3O2S2/c1-17(2,3)22-26(23,24)13-7-5-12(6-8-13)20-16(25)21-15-10-11(18)4-9-14(15)19/h4-10,22H,1-3H3,(H2,20,21,25). The van der Waals surface area contributed by atoms with Crippen LogP contribution < -0.4 is 15.4 Å². The molecule has 0 radical (unpaired) electrons. The largest absolute Gasteiger partial charge is 0.332 e. The van der Waals surface area contributed by atoms with E-state index in [2.05, 4.69) is 15.4 Å². The monoisotopic (exact) mass is 431 g/mol. The van der Waals surface area contributed by atoms with E-state index >= 15 is 0 Å². The second-order valence-electron chi connectivity index (χ2n) is 6.58. The topological polar surface area (TPSA) is 70.2 Å². The number of anilines is 2. The summed E-state index contributed by atoms with van der Waals surface area (Å²) in [5.74, 6) is 0. The summed E-state index contributed by atoms with van der Waals surface area (Å²) in [6.07, 6.45) is 0. The van der Waals surface area contributed by atoms with Crippen LogP contribution in [0.1, 0.15) is 20.8 Å². The molecule has 9 heteroatoms. The van der Waals surface area contributed by atoms with E-state index in [1.807, 2.05) is 0 Å². The highest BCUT2D eigenvalue weighted by Gasteiger charge is 2.21. The second kappa shape index (κ2) is 8.10. The summed E-state index contributed by atoms with van der Waals surface area (Å²) >= 11 is 17.3. The highest BCUT2D eigenvalue weighted by Crippen LogP contribution is 2.25. The lowest BCUT2D eigenvalue weighted by Gasteiger charge is -2.20. The van der Waals surface area contributed by atoms with Gasteiger partial charge >= 0.3 is 0 Å². The molecule has 140 valence electrons. The van der Waals surface area contributed by atoms with E-state index in [-0.39, 0.29) is 4.90 Å². The van der Waals surface area contributed by atoms with Crippen molar-refractivity contribution in [1.29, 1.82) is 0 Å². The first kappa shape index (κ1) is 20.9. The number of benzene rings is 2. The van der Waals surface area contributed by atoms with Crippen LogP contribution in [0.25, 0.3) is 0 Å². The van der Waals surface area contributed by atoms with Crippen molar-refractivity contribution in [2.45, 2.75) is 31.2 Å². The molecule has 0 aromatic heterocycles. The highest BCUT2D eigenvalue weighted by molar-refractivity contribution is 7.89. The Bertz CT molecular complexity index is 909. The van der Waals surface area contributed by atoms with Crippen LogP contribution >= 0.6 is 35.4 Å². The summed E-state index contributed by atoms with van der Waals surface area (Å²) in [5, 5.41) is 7.23. The van der Waals surface area contributed by atoms with Crippen molar-refractivity contribution in [1.82, 2.24) is 4.72 Å². The lowest BCUT2D eigenvalue weighted by Crippen LogP contribution is -2.40. The first-order valence-corrected chi connectivity index (χ1v) is 10.3. The van der Waals surface area contributed by atoms with E-state index in [0.29, 0.717) is 26.5 Å². The molecule has 2 rings (SSSR count). The zero-order valence-corrected chi connectivity index (χ0v) is 17.6. The molecule has 0 spiro atoms. The van der Waals surface area contributed by atoms with Gasteiger partial charge in [0, 0.05) is 16.2 Å². The molecule has 0 aliphatic carbocycles. The number of halogens is 2.